The van der Waals surface area contributed by atoms with Crippen molar-refractivity contribution in [3.63, 3.8) is 0 Å². The minimum atomic E-state index is 0.00259. The molecule has 2 aliphatic rings. The van der Waals surface area contributed by atoms with Gasteiger partial charge in [-0.05, 0) is 0 Å². The summed E-state index contributed by atoms with van der Waals surface area (Å²) in [6.45, 7) is 0.266. The fourth-order valence-corrected chi connectivity index (χ4v) is 3.57. The fourth-order valence-electron chi connectivity index (χ4n) is 2.48. The highest BCUT2D eigenvalue weighted by Gasteiger charge is 2.27. The van der Waals surface area contributed by atoms with Crippen LogP contribution in [0.2, 0.25) is 0 Å². The van der Waals surface area contributed by atoms with Crippen molar-refractivity contribution in [2.24, 2.45) is 0 Å². The van der Waals surface area contributed by atoms with Gasteiger partial charge in [-0.15, -0.1) is 0 Å². The van der Waals surface area contributed by atoms with Crippen molar-refractivity contribution in [2.75, 3.05) is 18.7 Å². The summed E-state index contributed by atoms with van der Waals surface area (Å²) < 4.78 is 10.8. The van der Waals surface area contributed by atoms with Crippen molar-refractivity contribution in [1.82, 2.24) is 0 Å². The number of carbonyl (C=O) groups excluding carboxylic acids is 1. The first-order chi connectivity index (χ1) is 10.7. The van der Waals surface area contributed by atoms with Crippen molar-refractivity contribution in [3.05, 3.63) is 59.1 Å². The Morgan fingerprint density at radius 2 is 1.91 bits per heavy atom. The molecule has 5 heteroatoms. The van der Waals surface area contributed by atoms with E-state index in [1.807, 2.05) is 54.4 Å². The zero-order valence-electron chi connectivity index (χ0n) is 11.9. The maximum absolute atomic E-state index is 12.3. The Morgan fingerprint density at radius 3 is 2.68 bits per heavy atom. The summed E-state index contributed by atoms with van der Waals surface area (Å²) in [4.78, 5) is 15.4. The van der Waals surface area contributed by atoms with Gasteiger partial charge in [0.2, 0.25) is 6.79 Å². The van der Waals surface area contributed by atoms with Crippen LogP contribution in [0.25, 0.3) is 0 Å². The molecule has 0 unspecified atom stereocenters. The Hall–Kier alpha value is -2.40. The minimum absolute atomic E-state index is 0.00259. The Labute approximate surface area is 132 Å². The molecule has 4 rings (SSSR count). The number of ether oxygens (including phenoxy) is 2. The molecule has 2 aliphatic heterocycles. The second-order valence-electron chi connectivity index (χ2n) is 5.05. The third-order valence-electron chi connectivity index (χ3n) is 3.67. The number of fused-ring (bicyclic) bond motifs is 2. The van der Waals surface area contributed by atoms with Gasteiger partial charge in [-0.3, -0.25) is 4.79 Å². The third kappa shape index (κ3) is 2.14. The van der Waals surface area contributed by atoms with E-state index in [4.69, 9.17) is 9.47 Å². The van der Waals surface area contributed by atoms with Crippen LogP contribution < -0.4 is 14.4 Å². The molecule has 0 aliphatic carbocycles. The number of ketones is 1. The van der Waals surface area contributed by atoms with Gasteiger partial charge in [0.25, 0.3) is 0 Å². The highest BCUT2D eigenvalue weighted by atomic mass is 32.2. The lowest BCUT2D eigenvalue weighted by Gasteiger charge is -2.13. The minimum Gasteiger partial charge on any atom is -0.454 e. The standard InChI is InChI=1S/C17H13NO3S/c1-18-12-7-14-15(21-10-20-14)9-16(12)22-17(18)8-13(19)11-5-3-2-4-6-11/h2-9H,10H2,1H3/b17-8-. The lowest BCUT2D eigenvalue weighted by atomic mass is 10.1. The van der Waals surface area contributed by atoms with E-state index < -0.39 is 0 Å². The summed E-state index contributed by atoms with van der Waals surface area (Å²) in [6.07, 6.45) is 1.67. The predicted octanol–water partition coefficient (Wildman–Crippen LogP) is 3.68. The molecule has 22 heavy (non-hydrogen) atoms. The number of anilines is 1. The first-order valence-corrected chi connectivity index (χ1v) is 7.70. The summed E-state index contributed by atoms with van der Waals surface area (Å²) in [5.41, 5.74) is 1.72. The normalized spacial score (nSPS) is 17.0. The average molecular weight is 311 g/mol. The largest absolute Gasteiger partial charge is 0.454 e. The van der Waals surface area contributed by atoms with Crippen molar-refractivity contribution >= 4 is 23.2 Å². The zero-order valence-corrected chi connectivity index (χ0v) is 12.7. The molecular weight excluding hydrogens is 298 g/mol. The van der Waals surface area contributed by atoms with Crippen molar-refractivity contribution in [3.8, 4) is 11.5 Å². The summed E-state index contributed by atoms with van der Waals surface area (Å²) in [5.74, 6) is 1.51. The number of hydrogen-bond acceptors (Lipinski definition) is 5. The van der Waals surface area contributed by atoms with Crippen molar-refractivity contribution in [2.45, 2.75) is 4.90 Å². The highest BCUT2D eigenvalue weighted by molar-refractivity contribution is 8.03. The van der Waals surface area contributed by atoms with E-state index in [0.29, 0.717) is 5.56 Å². The lowest BCUT2D eigenvalue weighted by molar-refractivity contribution is 0.104. The molecule has 0 fully saturated rings. The Bertz CT molecular complexity index is 786. The van der Waals surface area contributed by atoms with Crippen LogP contribution in [-0.2, 0) is 0 Å². The zero-order chi connectivity index (χ0) is 15.1. The topological polar surface area (TPSA) is 38.8 Å². The third-order valence-corrected chi connectivity index (χ3v) is 4.82. The van der Waals surface area contributed by atoms with Gasteiger partial charge in [0.15, 0.2) is 17.3 Å². The fraction of sp³-hybridized carbons (Fsp3) is 0.118. The smallest absolute Gasteiger partial charge is 0.231 e. The van der Waals surface area contributed by atoms with Gasteiger partial charge < -0.3 is 14.4 Å². The van der Waals surface area contributed by atoms with Gasteiger partial charge in [0.1, 0.15) is 0 Å². The Kier molecular flexibility index (Phi) is 3.08. The van der Waals surface area contributed by atoms with Crippen LogP contribution in [0.5, 0.6) is 11.5 Å². The molecule has 2 heterocycles. The maximum Gasteiger partial charge on any atom is 0.231 e. The Balaban J connectivity index is 1.66. The number of benzene rings is 2. The van der Waals surface area contributed by atoms with Crippen LogP contribution in [0.3, 0.4) is 0 Å². The monoisotopic (exact) mass is 311 g/mol. The molecule has 4 nitrogen and oxygen atoms in total. The summed E-state index contributed by atoms with van der Waals surface area (Å²) in [7, 11) is 1.95. The SMILES string of the molecule is CN1/C(=C/C(=O)c2ccccc2)Sc2cc3c(cc21)OCO3. The Morgan fingerprint density at radius 1 is 1.18 bits per heavy atom. The predicted molar refractivity (Wildman–Crippen MR) is 85.7 cm³/mol. The first kappa shape index (κ1) is 13.3. The molecule has 0 radical (unpaired) electrons. The second kappa shape index (κ2) is 5.10. The average Bonchev–Trinajstić information content (AvgIpc) is 3.11. The summed E-state index contributed by atoms with van der Waals surface area (Å²) >= 11 is 1.56. The molecule has 0 saturated heterocycles. The number of thioether (sulfide) groups is 1. The molecule has 2 aromatic carbocycles. The van der Waals surface area contributed by atoms with Gasteiger partial charge in [-0.1, -0.05) is 42.1 Å². The molecule has 0 spiro atoms. The van der Waals surface area contributed by atoms with Crippen LogP contribution in [-0.4, -0.2) is 19.6 Å². The van der Waals surface area contributed by atoms with Gasteiger partial charge in [-0.25, -0.2) is 0 Å². The van der Waals surface area contributed by atoms with E-state index in [9.17, 15) is 4.79 Å². The van der Waals surface area contributed by atoms with Crippen LogP contribution in [0, 0.1) is 0 Å². The quantitative estimate of drug-likeness (QED) is 0.625. The van der Waals surface area contributed by atoms with Crippen molar-refractivity contribution < 1.29 is 14.3 Å². The van der Waals surface area contributed by atoms with E-state index >= 15 is 0 Å². The van der Waals surface area contributed by atoms with Gasteiger partial charge in [0, 0.05) is 35.7 Å². The molecule has 0 N–H and O–H groups in total. The number of nitrogens with zero attached hydrogens (tertiary/aromatic N) is 1. The number of rotatable bonds is 2. The molecule has 0 amide bonds. The van der Waals surface area contributed by atoms with Gasteiger partial charge >= 0.3 is 0 Å². The highest BCUT2D eigenvalue weighted by Crippen LogP contribution is 2.50. The van der Waals surface area contributed by atoms with E-state index in [-0.39, 0.29) is 12.6 Å². The van der Waals surface area contributed by atoms with Crippen LogP contribution in [0.15, 0.2) is 58.5 Å². The van der Waals surface area contributed by atoms with E-state index in [2.05, 4.69) is 0 Å². The molecule has 0 bridgehead atoms. The number of carbonyl (C=O) groups is 1. The van der Waals surface area contributed by atoms with E-state index in [1.165, 1.54) is 0 Å². The van der Waals surface area contributed by atoms with Crippen LogP contribution in [0.1, 0.15) is 10.4 Å². The molecule has 0 aromatic heterocycles. The van der Waals surface area contributed by atoms with Crippen molar-refractivity contribution in [1.29, 1.82) is 0 Å². The molecular formula is C17H13NO3S. The lowest BCUT2D eigenvalue weighted by Crippen LogP contribution is -2.11. The second-order valence-corrected chi connectivity index (χ2v) is 6.11. The van der Waals surface area contributed by atoms with Crippen LogP contribution >= 0.6 is 11.8 Å². The molecule has 0 saturated carbocycles. The number of hydrogen-bond donors (Lipinski definition) is 0. The van der Waals surface area contributed by atoms with Crippen LogP contribution in [0.4, 0.5) is 5.69 Å². The molecule has 0 atom stereocenters. The van der Waals surface area contributed by atoms with Gasteiger partial charge in [0.05, 0.1) is 10.7 Å². The number of allylic oxidation sites excluding steroid dienone is 1. The molecule has 110 valence electrons. The van der Waals surface area contributed by atoms with E-state index in [0.717, 1.165) is 27.1 Å². The maximum atomic E-state index is 12.3. The van der Waals surface area contributed by atoms with Gasteiger partial charge in [-0.2, -0.15) is 0 Å². The summed E-state index contributed by atoms with van der Waals surface area (Å²) in [5, 5.41) is 0.896. The van der Waals surface area contributed by atoms with E-state index in [1.54, 1.807) is 17.8 Å². The molecule has 2 aromatic rings. The first-order valence-electron chi connectivity index (χ1n) is 6.89. The summed E-state index contributed by atoms with van der Waals surface area (Å²) in [6, 6.07) is 13.2.